The van der Waals surface area contributed by atoms with Gasteiger partial charge < -0.3 is 14.2 Å². The summed E-state index contributed by atoms with van der Waals surface area (Å²) in [5.41, 5.74) is 1.51. The zero-order valence-corrected chi connectivity index (χ0v) is 16.5. The predicted octanol–water partition coefficient (Wildman–Crippen LogP) is 3.21. The number of hydrogen-bond acceptors (Lipinski definition) is 8. The van der Waals surface area contributed by atoms with Crippen LogP contribution in [0.5, 0.6) is 11.5 Å². The molecule has 0 atom stereocenters. The summed E-state index contributed by atoms with van der Waals surface area (Å²) in [5, 5.41) is 0.583. The standard InChI is InChI=1S/C22H19N3O5/c1-28-7-8-30-20-11-16-15(9-19(20)29-2)22(24-12-23-16)25-17-10-18(26)13-5-3-4-6-14(13)21(17)27/h3-6,9,11-12H,7-8,10H2,1-2H3. The Morgan fingerprint density at radius 2 is 1.80 bits per heavy atom. The minimum absolute atomic E-state index is 0.0727. The van der Waals surface area contributed by atoms with Gasteiger partial charge >= 0.3 is 0 Å². The maximum atomic E-state index is 12.8. The lowest BCUT2D eigenvalue weighted by atomic mass is 9.88. The fourth-order valence-electron chi connectivity index (χ4n) is 3.27. The quantitative estimate of drug-likeness (QED) is 0.581. The van der Waals surface area contributed by atoms with Gasteiger partial charge in [0.25, 0.3) is 0 Å². The van der Waals surface area contributed by atoms with E-state index >= 15 is 0 Å². The molecule has 152 valence electrons. The molecule has 4 rings (SSSR count). The van der Waals surface area contributed by atoms with Crippen molar-refractivity contribution in [3.63, 3.8) is 0 Å². The summed E-state index contributed by atoms with van der Waals surface area (Å²) in [7, 11) is 3.12. The molecule has 30 heavy (non-hydrogen) atoms. The van der Waals surface area contributed by atoms with E-state index in [-0.39, 0.29) is 29.5 Å². The van der Waals surface area contributed by atoms with Gasteiger partial charge in [0.05, 0.1) is 31.4 Å². The van der Waals surface area contributed by atoms with E-state index in [1.807, 2.05) is 0 Å². The SMILES string of the molecule is COCCOc1cc2ncnc(N=C3CC(=O)c4ccccc4C3=O)c2cc1OC. The van der Waals surface area contributed by atoms with E-state index in [1.54, 1.807) is 43.5 Å². The van der Waals surface area contributed by atoms with Crippen molar-refractivity contribution in [2.45, 2.75) is 6.42 Å². The van der Waals surface area contributed by atoms with E-state index in [4.69, 9.17) is 14.2 Å². The number of Topliss-reactive ketones (excluding diaryl/α,β-unsaturated/α-hetero) is 2. The van der Waals surface area contributed by atoms with Gasteiger partial charge in [-0.05, 0) is 6.07 Å². The number of rotatable bonds is 6. The van der Waals surface area contributed by atoms with Crippen molar-refractivity contribution in [3.05, 3.63) is 53.9 Å². The van der Waals surface area contributed by atoms with Gasteiger partial charge in [-0.1, -0.05) is 24.3 Å². The molecule has 1 aromatic heterocycles. The van der Waals surface area contributed by atoms with Gasteiger partial charge in [0.15, 0.2) is 23.1 Å². The number of hydrogen-bond donors (Lipinski definition) is 0. The molecule has 0 unspecified atom stereocenters. The summed E-state index contributed by atoms with van der Waals surface area (Å²) in [6.07, 6.45) is 1.28. The Morgan fingerprint density at radius 1 is 1.00 bits per heavy atom. The molecule has 2 aromatic carbocycles. The lowest BCUT2D eigenvalue weighted by molar-refractivity contribution is 0.0965. The van der Waals surface area contributed by atoms with Crippen LogP contribution < -0.4 is 9.47 Å². The summed E-state index contributed by atoms with van der Waals surface area (Å²) in [6.45, 7) is 0.788. The molecule has 0 N–H and O–H groups in total. The van der Waals surface area contributed by atoms with Crippen LogP contribution in [-0.4, -0.2) is 54.7 Å². The van der Waals surface area contributed by atoms with Crippen molar-refractivity contribution in [3.8, 4) is 11.5 Å². The number of methoxy groups -OCH3 is 2. The molecule has 0 saturated heterocycles. The van der Waals surface area contributed by atoms with Gasteiger partial charge in [-0.25, -0.2) is 15.0 Å². The predicted molar refractivity (Wildman–Crippen MR) is 110 cm³/mol. The number of ether oxygens (including phenoxy) is 3. The van der Waals surface area contributed by atoms with Gasteiger partial charge in [-0.15, -0.1) is 0 Å². The molecule has 3 aromatic rings. The molecule has 0 amide bonds. The van der Waals surface area contributed by atoms with E-state index in [0.29, 0.717) is 46.7 Å². The first kappa shape index (κ1) is 19.7. The van der Waals surface area contributed by atoms with Crippen LogP contribution >= 0.6 is 0 Å². The number of aliphatic imine (C=N–C) groups is 1. The third-order valence-electron chi connectivity index (χ3n) is 4.75. The molecule has 0 saturated carbocycles. The van der Waals surface area contributed by atoms with E-state index in [1.165, 1.54) is 13.4 Å². The number of carbonyl (C=O) groups is 2. The molecular formula is C22H19N3O5. The molecule has 0 bridgehead atoms. The molecule has 8 heteroatoms. The fraction of sp³-hybridized carbons (Fsp3) is 0.227. The Labute approximate surface area is 172 Å². The Balaban J connectivity index is 1.76. The summed E-state index contributed by atoms with van der Waals surface area (Å²) in [4.78, 5) is 38.2. The highest BCUT2D eigenvalue weighted by molar-refractivity contribution is 6.53. The smallest absolute Gasteiger partial charge is 0.208 e. The maximum Gasteiger partial charge on any atom is 0.208 e. The number of ketones is 2. The first-order valence-corrected chi connectivity index (χ1v) is 9.31. The maximum absolute atomic E-state index is 12.8. The number of carbonyl (C=O) groups excluding carboxylic acids is 2. The van der Waals surface area contributed by atoms with Crippen molar-refractivity contribution in [1.82, 2.24) is 9.97 Å². The van der Waals surface area contributed by atoms with E-state index in [9.17, 15) is 9.59 Å². The average molecular weight is 405 g/mol. The van der Waals surface area contributed by atoms with Gasteiger partial charge in [-0.2, -0.15) is 0 Å². The third kappa shape index (κ3) is 3.65. The second-order valence-corrected chi connectivity index (χ2v) is 6.59. The van der Waals surface area contributed by atoms with Crippen LogP contribution in [0.15, 0.2) is 47.7 Å². The van der Waals surface area contributed by atoms with Gasteiger partial charge in [0.2, 0.25) is 5.78 Å². The Hall–Kier alpha value is -3.65. The normalized spacial score (nSPS) is 14.8. The highest BCUT2D eigenvalue weighted by Crippen LogP contribution is 2.35. The molecule has 0 fully saturated rings. The summed E-state index contributed by atoms with van der Waals surface area (Å²) in [6, 6.07) is 10.2. The van der Waals surface area contributed by atoms with Crippen LogP contribution in [0.25, 0.3) is 10.9 Å². The lowest BCUT2D eigenvalue weighted by Crippen LogP contribution is -2.26. The zero-order chi connectivity index (χ0) is 21.1. The van der Waals surface area contributed by atoms with Crippen LogP contribution in [0, 0.1) is 0 Å². The van der Waals surface area contributed by atoms with Crippen molar-refractivity contribution >= 4 is 34.0 Å². The second-order valence-electron chi connectivity index (χ2n) is 6.59. The molecule has 0 radical (unpaired) electrons. The molecule has 0 spiro atoms. The van der Waals surface area contributed by atoms with Crippen LogP contribution in [-0.2, 0) is 4.74 Å². The lowest BCUT2D eigenvalue weighted by Gasteiger charge is -2.15. The van der Waals surface area contributed by atoms with Gasteiger partial charge in [0, 0.05) is 29.7 Å². The molecule has 8 nitrogen and oxygen atoms in total. The summed E-state index contributed by atoms with van der Waals surface area (Å²) < 4.78 is 16.1. The van der Waals surface area contributed by atoms with Crippen LogP contribution in [0.1, 0.15) is 27.1 Å². The number of benzene rings is 2. The highest BCUT2D eigenvalue weighted by atomic mass is 16.5. The molecule has 1 aliphatic rings. The average Bonchev–Trinajstić information content (AvgIpc) is 2.77. The number of nitrogens with zero attached hydrogens (tertiary/aromatic N) is 3. The van der Waals surface area contributed by atoms with Crippen molar-refractivity contribution < 1.29 is 23.8 Å². The van der Waals surface area contributed by atoms with Gasteiger partial charge in [0.1, 0.15) is 12.9 Å². The van der Waals surface area contributed by atoms with Crippen molar-refractivity contribution in [2.75, 3.05) is 27.4 Å². The van der Waals surface area contributed by atoms with E-state index in [0.717, 1.165) is 0 Å². The van der Waals surface area contributed by atoms with E-state index in [2.05, 4.69) is 15.0 Å². The molecule has 1 aliphatic carbocycles. The van der Waals surface area contributed by atoms with Crippen LogP contribution in [0.2, 0.25) is 0 Å². The van der Waals surface area contributed by atoms with Crippen molar-refractivity contribution in [1.29, 1.82) is 0 Å². The first-order chi connectivity index (χ1) is 14.6. The number of aromatic nitrogens is 2. The number of fused-ring (bicyclic) bond motifs is 2. The third-order valence-corrected chi connectivity index (χ3v) is 4.75. The summed E-state index contributed by atoms with van der Waals surface area (Å²) >= 11 is 0. The van der Waals surface area contributed by atoms with Crippen LogP contribution in [0.4, 0.5) is 5.82 Å². The van der Waals surface area contributed by atoms with E-state index < -0.39 is 0 Å². The minimum atomic E-state index is -0.275. The Kier molecular flexibility index (Phi) is 5.49. The van der Waals surface area contributed by atoms with Crippen molar-refractivity contribution in [2.24, 2.45) is 4.99 Å². The second kappa shape index (κ2) is 8.38. The first-order valence-electron chi connectivity index (χ1n) is 9.31. The molecule has 0 aliphatic heterocycles. The monoisotopic (exact) mass is 405 g/mol. The fourth-order valence-corrected chi connectivity index (χ4v) is 3.27. The Morgan fingerprint density at radius 3 is 2.57 bits per heavy atom. The van der Waals surface area contributed by atoms with Crippen LogP contribution in [0.3, 0.4) is 0 Å². The topological polar surface area (TPSA) is 100.0 Å². The largest absolute Gasteiger partial charge is 0.493 e. The van der Waals surface area contributed by atoms with Gasteiger partial charge in [-0.3, -0.25) is 9.59 Å². The molecular weight excluding hydrogens is 386 g/mol. The highest BCUT2D eigenvalue weighted by Gasteiger charge is 2.29. The molecule has 1 heterocycles. The Bertz CT molecular complexity index is 1170. The minimum Gasteiger partial charge on any atom is -0.493 e. The zero-order valence-electron chi connectivity index (χ0n) is 16.5. The summed E-state index contributed by atoms with van der Waals surface area (Å²) in [5.74, 6) is 0.859.